The molecule has 8 heteroatoms. The fraction of sp³-hybridized carbons (Fsp3) is 0.500. The molecule has 2 rings (SSSR count). The summed E-state index contributed by atoms with van der Waals surface area (Å²) >= 11 is 7.17. The highest BCUT2D eigenvalue weighted by Crippen LogP contribution is 2.23. The molecule has 1 aliphatic rings. The van der Waals surface area contributed by atoms with E-state index in [1.54, 1.807) is 24.3 Å². The number of hydrogen-bond donors (Lipinski definition) is 1. The van der Waals surface area contributed by atoms with Gasteiger partial charge in [0, 0.05) is 10.3 Å². The fourth-order valence-electron chi connectivity index (χ4n) is 2.03. The summed E-state index contributed by atoms with van der Waals surface area (Å²) in [5.41, 5.74) is 0. The Labute approximate surface area is 139 Å². The average Bonchev–Trinajstić information content (AvgIpc) is 2.83. The molecule has 122 valence electrons. The maximum atomic E-state index is 11.7. The maximum absolute atomic E-state index is 11.7. The van der Waals surface area contributed by atoms with Crippen molar-refractivity contribution in [1.82, 2.24) is 5.32 Å². The van der Waals surface area contributed by atoms with Gasteiger partial charge in [-0.1, -0.05) is 11.6 Å². The SMILES string of the molecule is O=C(CS[C@@H]1CCS(=O)(=O)C1)NCCOc1ccc(Cl)cc1. The average molecular weight is 364 g/mol. The molecule has 1 saturated heterocycles. The molecule has 1 fully saturated rings. The molecule has 0 aromatic heterocycles. The third-order valence-corrected chi connectivity index (χ3v) is 6.68. The predicted octanol–water partition coefficient (Wildman–Crippen LogP) is 1.76. The van der Waals surface area contributed by atoms with Gasteiger partial charge in [-0.15, -0.1) is 11.8 Å². The number of benzene rings is 1. The molecule has 0 saturated carbocycles. The van der Waals surface area contributed by atoms with E-state index < -0.39 is 9.84 Å². The lowest BCUT2D eigenvalue weighted by molar-refractivity contribution is -0.118. The topological polar surface area (TPSA) is 72.5 Å². The van der Waals surface area contributed by atoms with Gasteiger partial charge in [0.2, 0.25) is 5.91 Å². The summed E-state index contributed by atoms with van der Waals surface area (Å²) in [6, 6.07) is 7.00. The minimum Gasteiger partial charge on any atom is -0.492 e. The Morgan fingerprint density at radius 2 is 2.09 bits per heavy atom. The van der Waals surface area contributed by atoms with E-state index in [4.69, 9.17) is 16.3 Å². The molecular formula is C14H18ClNO4S2. The number of thioether (sulfide) groups is 1. The molecule has 22 heavy (non-hydrogen) atoms. The van der Waals surface area contributed by atoms with Crippen molar-refractivity contribution < 1.29 is 17.9 Å². The molecule has 0 bridgehead atoms. The Bertz CT molecular complexity index is 604. The van der Waals surface area contributed by atoms with Crippen molar-refractivity contribution in [2.75, 3.05) is 30.4 Å². The first-order valence-corrected chi connectivity index (χ1v) is 10.2. The van der Waals surface area contributed by atoms with Crippen LogP contribution in [-0.2, 0) is 14.6 Å². The second-order valence-electron chi connectivity index (χ2n) is 4.99. The van der Waals surface area contributed by atoms with Crippen LogP contribution < -0.4 is 10.1 Å². The molecule has 0 spiro atoms. The molecule has 1 aliphatic heterocycles. The first-order chi connectivity index (χ1) is 10.4. The number of carbonyl (C=O) groups excluding carboxylic acids is 1. The van der Waals surface area contributed by atoms with Crippen LogP contribution in [-0.4, -0.2) is 50.0 Å². The van der Waals surface area contributed by atoms with Crippen LogP contribution in [0.15, 0.2) is 24.3 Å². The number of amides is 1. The molecule has 1 atom stereocenters. The highest BCUT2D eigenvalue weighted by molar-refractivity contribution is 8.02. The van der Waals surface area contributed by atoms with Gasteiger partial charge in [0.05, 0.1) is 23.8 Å². The number of rotatable bonds is 7. The number of hydrogen-bond acceptors (Lipinski definition) is 5. The lowest BCUT2D eigenvalue weighted by Gasteiger charge is -2.09. The van der Waals surface area contributed by atoms with Crippen molar-refractivity contribution >= 4 is 39.1 Å². The van der Waals surface area contributed by atoms with Crippen LogP contribution in [0.3, 0.4) is 0 Å². The Balaban J connectivity index is 1.57. The standard InChI is InChI=1S/C14H18ClNO4S2/c15-11-1-3-12(4-2-11)20-7-6-16-14(17)9-21-13-5-8-22(18,19)10-13/h1-4,13H,5-10H2,(H,16,17)/t13-/m1/s1. The van der Waals surface area contributed by atoms with Crippen LogP contribution in [0, 0.1) is 0 Å². The van der Waals surface area contributed by atoms with E-state index in [2.05, 4.69) is 5.32 Å². The van der Waals surface area contributed by atoms with Crippen molar-refractivity contribution in [3.8, 4) is 5.75 Å². The van der Waals surface area contributed by atoms with Gasteiger partial charge in [-0.05, 0) is 30.7 Å². The van der Waals surface area contributed by atoms with E-state index in [-0.39, 0.29) is 28.4 Å². The number of sulfone groups is 1. The van der Waals surface area contributed by atoms with E-state index in [1.165, 1.54) is 11.8 Å². The molecule has 5 nitrogen and oxygen atoms in total. The predicted molar refractivity (Wildman–Crippen MR) is 89.5 cm³/mol. The monoisotopic (exact) mass is 363 g/mol. The molecule has 1 aromatic rings. The number of nitrogens with one attached hydrogen (secondary N) is 1. The van der Waals surface area contributed by atoms with Crippen molar-refractivity contribution in [2.24, 2.45) is 0 Å². The Morgan fingerprint density at radius 3 is 2.73 bits per heavy atom. The first-order valence-electron chi connectivity index (χ1n) is 6.92. The van der Waals surface area contributed by atoms with Gasteiger partial charge in [-0.3, -0.25) is 4.79 Å². The largest absolute Gasteiger partial charge is 0.492 e. The molecule has 1 heterocycles. The van der Waals surface area contributed by atoms with Gasteiger partial charge in [0.1, 0.15) is 12.4 Å². The summed E-state index contributed by atoms with van der Waals surface area (Å²) in [4.78, 5) is 11.7. The van der Waals surface area contributed by atoms with Crippen LogP contribution >= 0.6 is 23.4 Å². The molecule has 1 aromatic carbocycles. The van der Waals surface area contributed by atoms with Gasteiger partial charge < -0.3 is 10.1 Å². The zero-order valence-electron chi connectivity index (χ0n) is 12.0. The van der Waals surface area contributed by atoms with Crippen LogP contribution in [0.4, 0.5) is 0 Å². The quantitative estimate of drug-likeness (QED) is 0.747. The van der Waals surface area contributed by atoms with Gasteiger partial charge in [-0.2, -0.15) is 0 Å². The third-order valence-electron chi connectivity index (χ3n) is 3.15. The lowest BCUT2D eigenvalue weighted by atomic mass is 10.3. The van der Waals surface area contributed by atoms with E-state index in [1.807, 2.05) is 0 Å². The van der Waals surface area contributed by atoms with E-state index in [9.17, 15) is 13.2 Å². The minimum atomic E-state index is -2.88. The second-order valence-corrected chi connectivity index (χ2v) is 8.94. The molecule has 0 unspecified atom stereocenters. The van der Waals surface area contributed by atoms with Gasteiger partial charge in [0.25, 0.3) is 0 Å². The normalized spacial score (nSPS) is 19.8. The van der Waals surface area contributed by atoms with Crippen molar-refractivity contribution in [1.29, 1.82) is 0 Å². The summed E-state index contributed by atoms with van der Waals surface area (Å²) in [7, 11) is -2.88. The van der Waals surface area contributed by atoms with E-state index in [0.29, 0.717) is 30.3 Å². The van der Waals surface area contributed by atoms with Gasteiger partial charge in [0.15, 0.2) is 9.84 Å². The zero-order valence-corrected chi connectivity index (χ0v) is 14.3. The molecule has 0 aliphatic carbocycles. The van der Waals surface area contributed by atoms with Crippen LogP contribution in [0.5, 0.6) is 5.75 Å². The number of carbonyl (C=O) groups is 1. The Hall–Kier alpha value is -0.920. The summed E-state index contributed by atoms with van der Waals surface area (Å²) in [5, 5.41) is 3.44. The summed E-state index contributed by atoms with van der Waals surface area (Å²) in [6.07, 6.45) is 0.639. The minimum absolute atomic E-state index is 0.0427. The van der Waals surface area contributed by atoms with Crippen molar-refractivity contribution in [2.45, 2.75) is 11.7 Å². The molecular weight excluding hydrogens is 346 g/mol. The fourth-order valence-corrected chi connectivity index (χ4v) is 5.63. The van der Waals surface area contributed by atoms with Crippen molar-refractivity contribution in [3.63, 3.8) is 0 Å². The molecule has 1 N–H and O–H groups in total. The van der Waals surface area contributed by atoms with Gasteiger partial charge in [-0.25, -0.2) is 8.42 Å². The molecule has 0 radical (unpaired) electrons. The van der Waals surface area contributed by atoms with Crippen LogP contribution in [0.2, 0.25) is 5.02 Å². The molecule has 1 amide bonds. The zero-order chi connectivity index (χ0) is 16.0. The second kappa shape index (κ2) is 8.08. The Kier molecular flexibility index (Phi) is 6.40. The number of halogens is 1. The third kappa shape index (κ3) is 6.06. The summed E-state index contributed by atoms with van der Waals surface area (Å²) in [5.74, 6) is 1.30. The smallest absolute Gasteiger partial charge is 0.230 e. The maximum Gasteiger partial charge on any atom is 0.230 e. The van der Waals surface area contributed by atoms with E-state index >= 15 is 0 Å². The van der Waals surface area contributed by atoms with Gasteiger partial charge >= 0.3 is 0 Å². The summed E-state index contributed by atoms with van der Waals surface area (Å²) in [6.45, 7) is 0.779. The van der Waals surface area contributed by atoms with Crippen molar-refractivity contribution in [3.05, 3.63) is 29.3 Å². The highest BCUT2D eigenvalue weighted by Gasteiger charge is 2.28. The first kappa shape index (κ1) is 17.4. The van der Waals surface area contributed by atoms with Crippen LogP contribution in [0.1, 0.15) is 6.42 Å². The highest BCUT2D eigenvalue weighted by atomic mass is 35.5. The number of ether oxygens (including phenoxy) is 1. The van der Waals surface area contributed by atoms with E-state index in [0.717, 1.165) is 0 Å². The Morgan fingerprint density at radius 1 is 1.36 bits per heavy atom. The van der Waals surface area contributed by atoms with Crippen LogP contribution in [0.25, 0.3) is 0 Å². The lowest BCUT2D eigenvalue weighted by Crippen LogP contribution is -2.30. The summed E-state index contributed by atoms with van der Waals surface area (Å²) < 4.78 is 28.1.